The fraction of sp³-hybridized carbons (Fsp3) is 0.444. The zero-order valence-corrected chi connectivity index (χ0v) is 13.3. The average molecular weight is 312 g/mol. The number of rotatable bonds is 6. The summed E-state index contributed by atoms with van der Waals surface area (Å²) < 4.78 is 0. The molecule has 122 valence electrons. The fourth-order valence-corrected chi connectivity index (χ4v) is 3.09. The molecule has 23 heavy (non-hydrogen) atoms. The van der Waals surface area contributed by atoms with Gasteiger partial charge in [-0.15, -0.1) is 0 Å². The van der Waals surface area contributed by atoms with Gasteiger partial charge < -0.3 is 10.6 Å². The van der Waals surface area contributed by atoms with Gasteiger partial charge in [0, 0.05) is 23.9 Å². The number of carbonyl (C=O) groups is 1. The van der Waals surface area contributed by atoms with Crippen LogP contribution in [0.4, 0.5) is 0 Å². The lowest BCUT2D eigenvalue weighted by molar-refractivity contribution is 0.0952. The maximum absolute atomic E-state index is 12.2. The van der Waals surface area contributed by atoms with E-state index >= 15 is 0 Å². The molecule has 0 aliphatic carbocycles. The number of benzene rings is 1. The molecular formula is C18H24N4O. The largest absolute Gasteiger partial charge is 0.352 e. The van der Waals surface area contributed by atoms with Crippen LogP contribution in [0.25, 0.3) is 11.1 Å². The Morgan fingerprint density at radius 1 is 1.17 bits per heavy atom. The molecule has 0 radical (unpaired) electrons. The van der Waals surface area contributed by atoms with Gasteiger partial charge >= 0.3 is 0 Å². The summed E-state index contributed by atoms with van der Waals surface area (Å²) in [7, 11) is 0. The van der Waals surface area contributed by atoms with E-state index < -0.39 is 0 Å². The van der Waals surface area contributed by atoms with Crippen LogP contribution in [0.15, 0.2) is 36.7 Å². The Kier molecular flexibility index (Phi) is 5.42. The molecule has 0 bridgehead atoms. The molecule has 1 fully saturated rings. The summed E-state index contributed by atoms with van der Waals surface area (Å²) in [6.07, 6.45) is 8.42. The molecule has 0 atom stereocenters. The first-order valence-corrected chi connectivity index (χ1v) is 8.41. The van der Waals surface area contributed by atoms with Crippen molar-refractivity contribution in [1.82, 2.24) is 20.8 Å². The third kappa shape index (κ3) is 4.42. The number of aromatic nitrogens is 2. The van der Waals surface area contributed by atoms with Crippen molar-refractivity contribution < 1.29 is 4.79 Å². The lowest BCUT2D eigenvalue weighted by atomic mass is 9.93. The van der Waals surface area contributed by atoms with Gasteiger partial charge in [-0.2, -0.15) is 5.10 Å². The normalized spacial score (nSPS) is 15.5. The second-order valence-corrected chi connectivity index (χ2v) is 6.16. The lowest BCUT2D eigenvalue weighted by Gasteiger charge is -2.22. The summed E-state index contributed by atoms with van der Waals surface area (Å²) in [5.41, 5.74) is 2.79. The van der Waals surface area contributed by atoms with E-state index in [1.54, 1.807) is 6.20 Å². The third-order valence-electron chi connectivity index (χ3n) is 4.51. The molecule has 2 aromatic rings. The Morgan fingerprint density at radius 2 is 1.96 bits per heavy atom. The van der Waals surface area contributed by atoms with Crippen LogP contribution in [-0.2, 0) is 0 Å². The molecule has 1 aliphatic heterocycles. The average Bonchev–Trinajstić information content (AvgIpc) is 3.14. The zero-order valence-electron chi connectivity index (χ0n) is 13.3. The highest BCUT2D eigenvalue weighted by Gasteiger charge is 2.12. The SMILES string of the molecule is O=C(NCCCC1CCNCC1)c1ccc(-c2cn[nH]c2)cc1. The number of nitrogens with zero attached hydrogens (tertiary/aromatic N) is 1. The number of hydrogen-bond donors (Lipinski definition) is 3. The van der Waals surface area contributed by atoms with Crippen LogP contribution in [0.1, 0.15) is 36.0 Å². The predicted octanol–water partition coefficient (Wildman–Crippen LogP) is 2.59. The highest BCUT2D eigenvalue weighted by atomic mass is 16.1. The van der Waals surface area contributed by atoms with E-state index in [4.69, 9.17) is 0 Å². The molecule has 3 N–H and O–H groups in total. The molecule has 0 saturated carbocycles. The smallest absolute Gasteiger partial charge is 0.251 e. The van der Waals surface area contributed by atoms with Crippen LogP contribution >= 0.6 is 0 Å². The van der Waals surface area contributed by atoms with Gasteiger partial charge in [-0.3, -0.25) is 9.89 Å². The first-order chi connectivity index (χ1) is 11.3. The molecule has 5 nitrogen and oxygen atoms in total. The minimum absolute atomic E-state index is 0.00838. The van der Waals surface area contributed by atoms with Crippen molar-refractivity contribution in [3.05, 3.63) is 42.2 Å². The number of hydrogen-bond acceptors (Lipinski definition) is 3. The molecule has 5 heteroatoms. The van der Waals surface area contributed by atoms with Gasteiger partial charge in [0.15, 0.2) is 0 Å². The number of amides is 1. The number of carbonyl (C=O) groups excluding carboxylic acids is 1. The predicted molar refractivity (Wildman–Crippen MR) is 91.2 cm³/mol. The Hall–Kier alpha value is -2.14. The molecule has 1 aliphatic rings. The minimum Gasteiger partial charge on any atom is -0.352 e. The van der Waals surface area contributed by atoms with Crippen LogP contribution in [0.2, 0.25) is 0 Å². The highest BCUT2D eigenvalue weighted by Crippen LogP contribution is 2.18. The number of piperidine rings is 1. The zero-order chi connectivity index (χ0) is 15.9. The van der Waals surface area contributed by atoms with Crippen molar-refractivity contribution in [3.8, 4) is 11.1 Å². The maximum Gasteiger partial charge on any atom is 0.251 e. The summed E-state index contributed by atoms with van der Waals surface area (Å²) in [5, 5.41) is 13.1. The first-order valence-electron chi connectivity index (χ1n) is 8.41. The Balaban J connectivity index is 1.43. The van der Waals surface area contributed by atoms with Crippen molar-refractivity contribution in [1.29, 1.82) is 0 Å². The van der Waals surface area contributed by atoms with E-state index in [9.17, 15) is 4.79 Å². The number of nitrogens with one attached hydrogen (secondary N) is 3. The van der Waals surface area contributed by atoms with Crippen LogP contribution in [0, 0.1) is 5.92 Å². The van der Waals surface area contributed by atoms with Crippen LogP contribution in [-0.4, -0.2) is 35.7 Å². The quantitative estimate of drug-likeness (QED) is 0.718. The van der Waals surface area contributed by atoms with Crippen molar-refractivity contribution in [2.45, 2.75) is 25.7 Å². The summed E-state index contributed by atoms with van der Waals surface area (Å²) >= 11 is 0. The molecule has 2 heterocycles. The van der Waals surface area contributed by atoms with E-state index in [0.29, 0.717) is 5.56 Å². The molecule has 0 spiro atoms. The summed E-state index contributed by atoms with van der Waals surface area (Å²) in [6, 6.07) is 7.64. The Bertz CT molecular complexity index is 600. The minimum atomic E-state index is 0.00838. The Morgan fingerprint density at radius 3 is 2.65 bits per heavy atom. The molecule has 3 rings (SSSR count). The summed E-state index contributed by atoms with van der Waals surface area (Å²) in [5.74, 6) is 0.830. The van der Waals surface area contributed by atoms with Gasteiger partial charge in [-0.05, 0) is 62.4 Å². The summed E-state index contributed by atoms with van der Waals surface area (Å²) in [6.45, 7) is 3.03. The molecule has 1 amide bonds. The highest BCUT2D eigenvalue weighted by molar-refractivity contribution is 5.94. The van der Waals surface area contributed by atoms with Crippen LogP contribution < -0.4 is 10.6 Å². The van der Waals surface area contributed by atoms with Gasteiger partial charge in [-0.25, -0.2) is 0 Å². The van der Waals surface area contributed by atoms with Crippen LogP contribution in [0.3, 0.4) is 0 Å². The van der Waals surface area contributed by atoms with E-state index in [1.807, 2.05) is 30.5 Å². The number of aromatic amines is 1. The second kappa shape index (κ2) is 7.92. The molecule has 0 unspecified atom stereocenters. The van der Waals surface area contributed by atoms with Crippen molar-refractivity contribution in [2.24, 2.45) is 5.92 Å². The van der Waals surface area contributed by atoms with E-state index in [0.717, 1.165) is 43.1 Å². The first kappa shape index (κ1) is 15.7. The van der Waals surface area contributed by atoms with Crippen molar-refractivity contribution >= 4 is 5.91 Å². The standard InChI is InChI=1S/C18H24N4O/c23-18(20-9-1-2-14-7-10-19-11-8-14)16-5-3-15(4-6-16)17-12-21-22-13-17/h3-6,12-14,19H,1-2,7-11H2,(H,20,23)(H,21,22). The molecule has 1 saturated heterocycles. The van der Waals surface area contributed by atoms with E-state index in [2.05, 4.69) is 20.8 Å². The van der Waals surface area contributed by atoms with E-state index in [1.165, 1.54) is 19.3 Å². The van der Waals surface area contributed by atoms with Gasteiger partial charge in [0.2, 0.25) is 0 Å². The van der Waals surface area contributed by atoms with Crippen molar-refractivity contribution in [2.75, 3.05) is 19.6 Å². The third-order valence-corrected chi connectivity index (χ3v) is 4.51. The van der Waals surface area contributed by atoms with Gasteiger partial charge in [0.05, 0.1) is 6.20 Å². The molecule has 1 aromatic heterocycles. The fourth-order valence-electron chi connectivity index (χ4n) is 3.09. The number of H-pyrrole nitrogens is 1. The molecular weight excluding hydrogens is 288 g/mol. The second-order valence-electron chi connectivity index (χ2n) is 6.16. The lowest BCUT2D eigenvalue weighted by Crippen LogP contribution is -2.29. The van der Waals surface area contributed by atoms with E-state index in [-0.39, 0.29) is 5.91 Å². The van der Waals surface area contributed by atoms with Gasteiger partial charge in [-0.1, -0.05) is 12.1 Å². The molecule has 1 aromatic carbocycles. The topological polar surface area (TPSA) is 69.8 Å². The summed E-state index contributed by atoms with van der Waals surface area (Å²) in [4.78, 5) is 12.2. The maximum atomic E-state index is 12.2. The van der Waals surface area contributed by atoms with Gasteiger partial charge in [0.25, 0.3) is 5.91 Å². The van der Waals surface area contributed by atoms with Gasteiger partial charge in [0.1, 0.15) is 0 Å². The monoisotopic (exact) mass is 312 g/mol. The van der Waals surface area contributed by atoms with Crippen molar-refractivity contribution in [3.63, 3.8) is 0 Å². The Labute approximate surface area is 136 Å². The van der Waals surface area contributed by atoms with Crippen LogP contribution in [0.5, 0.6) is 0 Å².